The summed E-state index contributed by atoms with van der Waals surface area (Å²) in [6.45, 7) is 0. The quantitative estimate of drug-likeness (QED) is 0.607. The minimum atomic E-state index is 0.562. The molecule has 1 fully saturated rings. The molecule has 1 aliphatic rings. The van der Waals surface area contributed by atoms with E-state index in [1.807, 2.05) is 24.8 Å². The van der Waals surface area contributed by atoms with Gasteiger partial charge in [-0.2, -0.15) is 0 Å². The Labute approximate surface area is 127 Å². The Hall–Kier alpha value is -2.82. The van der Waals surface area contributed by atoms with Crippen LogP contribution in [0.5, 0.6) is 0 Å². The first-order valence-electron chi connectivity index (χ1n) is 7.55. The van der Waals surface area contributed by atoms with Gasteiger partial charge in [0.2, 0.25) is 0 Å². The van der Waals surface area contributed by atoms with Gasteiger partial charge < -0.3 is 10.3 Å². The lowest BCUT2D eigenvalue weighted by Gasteiger charge is -2.07. The Morgan fingerprint density at radius 1 is 1.18 bits per heavy atom. The van der Waals surface area contributed by atoms with Crippen LogP contribution in [0.15, 0.2) is 49.1 Å². The lowest BCUT2D eigenvalue weighted by atomic mass is 10.1. The highest BCUT2D eigenvalue weighted by atomic mass is 15.1. The van der Waals surface area contributed by atoms with Crippen LogP contribution < -0.4 is 5.32 Å². The number of nitrogens with zero attached hydrogens (tertiary/aromatic N) is 3. The monoisotopic (exact) mass is 289 g/mol. The Balaban J connectivity index is 1.73. The SMILES string of the molecule is c1cc(-c2cnc3c(NC4CC4)nccn23)c2cc[nH]c2c1. The van der Waals surface area contributed by atoms with E-state index in [4.69, 9.17) is 0 Å². The number of fused-ring (bicyclic) bond motifs is 2. The van der Waals surface area contributed by atoms with Gasteiger partial charge in [-0.05, 0) is 25.0 Å². The summed E-state index contributed by atoms with van der Waals surface area (Å²) in [6, 6.07) is 8.96. The molecule has 0 radical (unpaired) electrons. The number of imidazole rings is 1. The zero-order chi connectivity index (χ0) is 14.5. The van der Waals surface area contributed by atoms with Gasteiger partial charge in [0.25, 0.3) is 0 Å². The first-order valence-corrected chi connectivity index (χ1v) is 7.55. The molecule has 1 aliphatic carbocycles. The summed E-state index contributed by atoms with van der Waals surface area (Å²) in [5, 5.41) is 4.66. The summed E-state index contributed by atoms with van der Waals surface area (Å²) < 4.78 is 2.11. The normalized spacial score (nSPS) is 14.7. The van der Waals surface area contributed by atoms with Gasteiger partial charge in [-0.25, -0.2) is 9.97 Å². The smallest absolute Gasteiger partial charge is 0.180 e. The molecular weight excluding hydrogens is 274 g/mol. The maximum absolute atomic E-state index is 4.59. The van der Waals surface area contributed by atoms with Crippen LogP contribution in [-0.2, 0) is 0 Å². The number of anilines is 1. The van der Waals surface area contributed by atoms with Gasteiger partial charge in [0.15, 0.2) is 11.5 Å². The molecule has 22 heavy (non-hydrogen) atoms. The molecule has 0 atom stereocenters. The molecule has 5 heteroatoms. The van der Waals surface area contributed by atoms with E-state index in [0.29, 0.717) is 6.04 Å². The average Bonchev–Trinajstić information content (AvgIpc) is 3.07. The first-order chi connectivity index (χ1) is 10.9. The highest BCUT2D eigenvalue weighted by molar-refractivity contribution is 5.94. The largest absolute Gasteiger partial charge is 0.364 e. The maximum Gasteiger partial charge on any atom is 0.180 e. The van der Waals surface area contributed by atoms with Crippen molar-refractivity contribution in [1.82, 2.24) is 19.4 Å². The molecule has 1 aromatic carbocycles. The Bertz CT molecular complexity index is 977. The topological polar surface area (TPSA) is 58.0 Å². The first kappa shape index (κ1) is 11.8. The third-order valence-electron chi connectivity index (χ3n) is 4.22. The van der Waals surface area contributed by atoms with Crippen molar-refractivity contribution in [3.63, 3.8) is 0 Å². The summed E-state index contributed by atoms with van der Waals surface area (Å²) in [5.41, 5.74) is 4.28. The summed E-state index contributed by atoms with van der Waals surface area (Å²) in [5.74, 6) is 0.873. The van der Waals surface area contributed by atoms with Crippen LogP contribution in [0.1, 0.15) is 12.8 Å². The van der Waals surface area contributed by atoms with E-state index in [9.17, 15) is 0 Å². The molecule has 0 amide bonds. The van der Waals surface area contributed by atoms with Crippen molar-refractivity contribution in [1.29, 1.82) is 0 Å². The van der Waals surface area contributed by atoms with Gasteiger partial charge in [-0.3, -0.25) is 4.40 Å². The predicted molar refractivity (Wildman–Crippen MR) is 86.9 cm³/mol. The summed E-state index contributed by atoms with van der Waals surface area (Å²) in [7, 11) is 0. The number of aromatic amines is 1. The molecule has 5 nitrogen and oxygen atoms in total. The lowest BCUT2D eigenvalue weighted by Crippen LogP contribution is -2.05. The van der Waals surface area contributed by atoms with Crippen LogP contribution in [0.2, 0.25) is 0 Å². The number of hydrogen-bond donors (Lipinski definition) is 2. The Morgan fingerprint density at radius 3 is 3.05 bits per heavy atom. The lowest BCUT2D eigenvalue weighted by molar-refractivity contribution is 1.07. The second-order valence-corrected chi connectivity index (χ2v) is 5.78. The minimum absolute atomic E-state index is 0.562. The number of benzene rings is 1. The van der Waals surface area contributed by atoms with Crippen molar-refractivity contribution in [2.24, 2.45) is 0 Å². The van der Waals surface area contributed by atoms with E-state index in [2.05, 4.69) is 48.9 Å². The van der Waals surface area contributed by atoms with Crippen molar-refractivity contribution < 1.29 is 0 Å². The second kappa shape index (κ2) is 4.34. The van der Waals surface area contributed by atoms with Crippen LogP contribution >= 0.6 is 0 Å². The van der Waals surface area contributed by atoms with E-state index < -0.39 is 0 Å². The van der Waals surface area contributed by atoms with Crippen molar-refractivity contribution >= 4 is 22.4 Å². The predicted octanol–water partition coefficient (Wildman–Crippen LogP) is 3.45. The third kappa shape index (κ3) is 1.72. The minimum Gasteiger partial charge on any atom is -0.364 e. The molecule has 3 aromatic heterocycles. The molecule has 4 aromatic rings. The fraction of sp³-hybridized carbons (Fsp3) is 0.176. The third-order valence-corrected chi connectivity index (χ3v) is 4.22. The van der Waals surface area contributed by atoms with E-state index in [1.165, 1.54) is 23.8 Å². The van der Waals surface area contributed by atoms with Crippen LogP contribution in [0.3, 0.4) is 0 Å². The molecular formula is C17H15N5. The number of hydrogen-bond acceptors (Lipinski definition) is 3. The van der Waals surface area contributed by atoms with Crippen LogP contribution in [-0.4, -0.2) is 25.4 Å². The number of nitrogens with one attached hydrogen (secondary N) is 2. The zero-order valence-corrected chi connectivity index (χ0v) is 12.0. The van der Waals surface area contributed by atoms with Gasteiger partial charge >= 0.3 is 0 Å². The highest BCUT2D eigenvalue weighted by Crippen LogP contribution is 2.31. The zero-order valence-electron chi connectivity index (χ0n) is 12.0. The molecule has 1 saturated carbocycles. The van der Waals surface area contributed by atoms with Gasteiger partial charge in [-0.1, -0.05) is 12.1 Å². The fourth-order valence-corrected chi connectivity index (χ4v) is 2.95. The molecule has 0 unspecified atom stereocenters. The van der Waals surface area contributed by atoms with Crippen LogP contribution in [0.4, 0.5) is 5.82 Å². The van der Waals surface area contributed by atoms with E-state index in [0.717, 1.165) is 22.7 Å². The molecule has 0 saturated heterocycles. The number of aromatic nitrogens is 4. The average molecular weight is 289 g/mol. The van der Waals surface area contributed by atoms with Crippen molar-refractivity contribution in [3.05, 3.63) is 49.1 Å². The molecule has 0 bridgehead atoms. The Morgan fingerprint density at radius 2 is 2.14 bits per heavy atom. The van der Waals surface area contributed by atoms with Gasteiger partial charge in [-0.15, -0.1) is 0 Å². The molecule has 108 valence electrons. The van der Waals surface area contributed by atoms with Gasteiger partial charge in [0.05, 0.1) is 11.9 Å². The molecule has 3 heterocycles. The highest BCUT2D eigenvalue weighted by Gasteiger charge is 2.23. The Kier molecular flexibility index (Phi) is 2.33. The maximum atomic E-state index is 4.59. The van der Waals surface area contributed by atoms with Crippen molar-refractivity contribution in [2.75, 3.05) is 5.32 Å². The van der Waals surface area contributed by atoms with E-state index in [-0.39, 0.29) is 0 Å². The molecule has 0 aliphatic heterocycles. The van der Waals surface area contributed by atoms with Gasteiger partial charge in [0, 0.05) is 41.1 Å². The van der Waals surface area contributed by atoms with Crippen molar-refractivity contribution in [2.45, 2.75) is 18.9 Å². The van der Waals surface area contributed by atoms with E-state index >= 15 is 0 Å². The fourth-order valence-electron chi connectivity index (χ4n) is 2.95. The van der Waals surface area contributed by atoms with Gasteiger partial charge in [0.1, 0.15) is 0 Å². The molecule has 5 rings (SSSR count). The van der Waals surface area contributed by atoms with Crippen LogP contribution in [0.25, 0.3) is 27.8 Å². The van der Waals surface area contributed by atoms with Crippen LogP contribution in [0, 0.1) is 0 Å². The molecule has 2 N–H and O–H groups in total. The van der Waals surface area contributed by atoms with Crippen molar-refractivity contribution in [3.8, 4) is 11.3 Å². The van der Waals surface area contributed by atoms with E-state index in [1.54, 1.807) is 0 Å². The summed E-state index contributed by atoms with van der Waals surface area (Å²) in [4.78, 5) is 12.3. The molecule has 0 spiro atoms. The number of H-pyrrole nitrogens is 1. The second-order valence-electron chi connectivity index (χ2n) is 5.78. The summed E-state index contributed by atoms with van der Waals surface area (Å²) >= 11 is 0. The summed E-state index contributed by atoms with van der Waals surface area (Å²) in [6.07, 6.45) is 10.1. The number of rotatable bonds is 3. The standard InChI is InChI=1S/C17H15N5/c1-2-13(12-6-7-18-14(12)3-1)15-10-20-17-16(21-11-4-5-11)19-8-9-22(15)17/h1-3,6-11,18H,4-5H2,(H,19,21).